The van der Waals surface area contributed by atoms with E-state index in [4.69, 9.17) is 5.11 Å². The van der Waals surface area contributed by atoms with Gasteiger partial charge in [-0.1, -0.05) is 0 Å². The second-order valence-corrected chi connectivity index (χ2v) is 4.14. The van der Waals surface area contributed by atoms with Crippen LogP contribution in [0.4, 0.5) is 13.2 Å². The fraction of sp³-hybridized carbons (Fsp3) is 0.250. The quantitative estimate of drug-likeness (QED) is 0.807. The fourth-order valence-electron chi connectivity index (χ4n) is 1.37. The van der Waals surface area contributed by atoms with Crippen LogP contribution in [-0.4, -0.2) is 31.8 Å². The van der Waals surface area contributed by atoms with Gasteiger partial charge in [0.2, 0.25) is 0 Å². The van der Waals surface area contributed by atoms with Crippen LogP contribution in [0.1, 0.15) is 16.3 Å². The standard InChI is InChI=1S/C8H5BrF3N3O2/c9-4-1-15(8(10,11)12)3-14-2-5(7(16)17)13-6(4)14/h1-2H,3H2,(H,16,17). The van der Waals surface area contributed by atoms with Gasteiger partial charge in [0.1, 0.15) is 6.67 Å². The number of hydrogen-bond donors (Lipinski definition) is 1. The molecule has 0 aromatic carbocycles. The summed E-state index contributed by atoms with van der Waals surface area (Å²) in [4.78, 5) is 14.5. The number of aromatic nitrogens is 2. The molecule has 0 saturated carbocycles. The number of aromatic carboxylic acids is 1. The van der Waals surface area contributed by atoms with E-state index in [0.29, 0.717) is 0 Å². The van der Waals surface area contributed by atoms with Crippen LogP contribution in [0.25, 0.3) is 4.48 Å². The molecule has 0 unspecified atom stereocenters. The highest BCUT2D eigenvalue weighted by Gasteiger charge is 2.38. The Balaban J connectivity index is 2.41. The summed E-state index contributed by atoms with van der Waals surface area (Å²) in [6.45, 7) is -0.520. The van der Waals surface area contributed by atoms with Gasteiger partial charge < -0.3 is 9.67 Å². The SMILES string of the molecule is O=C(O)c1cn2c(n1)C(Br)=CN(C(F)(F)F)C2. The van der Waals surface area contributed by atoms with Crippen LogP contribution in [0.15, 0.2) is 12.4 Å². The second-order valence-electron chi connectivity index (χ2n) is 3.28. The van der Waals surface area contributed by atoms with Gasteiger partial charge in [-0.2, -0.15) is 13.2 Å². The molecule has 1 aromatic rings. The maximum Gasteiger partial charge on any atom is 0.485 e. The minimum Gasteiger partial charge on any atom is -0.476 e. The lowest BCUT2D eigenvalue weighted by molar-refractivity contribution is -0.236. The summed E-state index contributed by atoms with van der Waals surface area (Å²) in [6, 6.07) is 0. The van der Waals surface area contributed by atoms with Crippen molar-refractivity contribution >= 4 is 26.4 Å². The van der Waals surface area contributed by atoms with Crippen molar-refractivity contribution in [2.45, 2.75) is 13.0 Å². The molecule has 2 heterocycles. The van der Waals surface area contributed by atoms with Crippen LogP contribution in [0, 0.1) is 0 Å². The molecule has 1 N–H and O–H groups in total. The lowest BCUT2D eigenvalue weighted by atomic mass is 10.4. The van der Waals surface area contributed by atoms with Crippen molar-refractivity contribution in [2.24, 2.45) is 0 Å². The van der Waals surface area contributed by atoms with Gasteiger partial charge in [0.25, 0.3) is 0 Å². The Morgan fingerprint density at radius 1 is 1.53 bits per heavy atom. The van der Waals surface area contributed by atoms with Crippen LogP contribution >= 0.6 is 15.9 Å². The Morgan fingerprint density at radius 2 is 2.18 bits per heavy atom. The largest absolute Gasteiger partial charge is 0.485 e. The lowest BCUT2D eigenvalue weighted by Gasteiger charge is -2.27. The summed E-state index contributed by atoms with van der Waals surface area (Å²) in [5.41, 5.74) is -0.297. The van der Waals surface area contributed by atoms with Crippen molar-refractivity contribution in [3.05, 3.63) is 23.9 Å². The molecule has 1 aromatic heterocycles. The Hall–Kier alpha value is -1.51. The van der Waals surface area contributed by atoms with Gasteiger partial charge in [0.05, 0.1) is 4.48 Å². The summed E-state index contributed by atoms with van der Waals surface area (Å²) < 4.78 is 38.6. The zero-order valence-corrected chi connectivity index (χ0v) is 9.66. The number of alkyl halides is 3. The first-order valence-corrected chi connectivity index (χ1v) is 5.10. The third kappa shape index (κ3) is 2.14. The van der Waals surface area contributed by atoms with E-state index in [2.05, 4.69) is 20.9 Å². The van der Waals surface area contributed by atoms with E-state index < -0.39 is 18.9 Å². The molecule has 5 nitrogen and oxygen atoms in total. The van der Waals surface area contributed by atoms with Crippen molar-refractivity contribution in [2.75, 3.05) is 0 Å². The third-order valence-electron chi connectivity index (χ3n) is 2.11. The van der Waals surface area contributed by atoms with Crippen molar-refractivity contribution in [1.82, 2.24) is 14.5 Å². The molecule has 0 bridgehead atoms. The van der Waals surface area contributed by atoms with Crippen LogP contribution < -0.4 is 0 Å². The van der Waals surface area contributed by atoms with Crippen LogP contribution in [0.3, 0.4) is 0 Å². The van der Waals surface area contributed by atoms with Crippen molar-refractivity contribution in [3.8, 4) is 0 Å². The number of halogens is 4. The number of carbonyl (C=O) groups is 1. The summed E-state index contributed by atoms with van der Waals surface area (Å²) in [6.07, 6.45) is -2.64. The molecular weight excluding hydrogens is 307 g/mol. The lowest BCUT2D eigenvalue weighted by Crippen LogP contribution is -2.37. The van der Waals surface area contributed by atoms with Crippen LogP contribution in [-0.2, 0) is 6.67 Å². The molecule has 0 atom stereocenters. The molecule has 92 valence electrons. The molecule has 1 aliphatic heterocycles. The number of carboxylic acid groups (broad SMARTS) is 1. The summed E-state index contributed by atoms with van der Waals surface area (Å²) in [7, 11) is 0. The van der Waals surface area contributed by atoms with E-state index in [0.717, 1.165) is 17.0 Å². The van der Waals surface area contributed by atoms with Gasteiger partial charge in [-0.25, -0.2) is 9.78 Å². The van der Waals surface area contributed by atoms with E-state index in [9.17, 15) is 18.0 Å². The molecule has 17 heavy (non-hydrogen) atoms. The van der Waals surface area contributed by atoms with Gasteiger partial charge >= 0.3 is 12.3 Å². The van der Waals surface area contributed by atoms with Crippen LogP contribution in [0.2, 0.25) is 0 Å². The number of hydrogen-bond acceptors (Lipinski definition) is 3. The molecular formula is C8H5BrF3N3O2. The van der Waals surface area contributed by atoms with Gasteiger partial charge in [0.15, 0.2) is 11.5 Å². The summed E-state index contributed by atoms with van der Waals surface area (Å²) in [5.74, 6) is -1.13. The highest BCUT2D eigenvalue weighted by Crippen LogP contribution is 2.32. The Labute approximate surface area is 101 Å². The summed E-state index contributed by atoms with van der Waals surface area (Å²) >= 11 is 2.93. The Morgan fingerprint density at radius 3 is 2.71 bits per heavy atom. The van der Waals surface area contributed by atoms with Crippen molar-refractivity contribution in [1.29, 1.82) is 0 Å². The zero-order chi connectivity index (χ0) is 12.8. The first-order chi connectivity index (χ1) is 7.79. The first-order valence-electron chi connectivity index (χ1n) is 4.30. The molecule has 0 amide bonds. The number of fused-ring (bicyclic) bond motifs is 1. The van der Waals surface area contributed by atoms with E-state index in [1.165, 1.54) is 0 Å². The van der Waals surface area contributed by atoms with Gasteiger partial charge in [-0.3, -0.25) is 4.90 Å². The Bertz CT molecular complexity index is 509. The normalized spacial score (nSPS) is 15.5. The molecule has 0 radical (unpaired) electrons. The number of nitrogens with zero attached hydrogens (tertiary/aromatic N) is 3. The van der Waals surface area contributed by atoms with E-state index >= 15 is 0 Å². The predicted octanol–water partition coefficient (Wildman–Crippen LogP) is 2.07. The topological polar surface area (TPSA) is 58.4 Å². The predicted molar refractivity (Wildman–Crippen MR) is 54.0 cm³/mol. The molecule has 0 fully saturated rings. The molecule has 2 rings (SSSR count). The van der Waals surface area contributed by atoms with Crippen molar-refractivity contribution in [3.63, 3.8) is 0 Å². The number of carboxylic acids is 1. The second kappa shape index (κ2) is 3.76. The monoisotopic (exact) mass is 311 g/mol. The average Bonchev–Trinajstić information content (AvgIpc) is 2.60. The highest BCUT2D eigenvalue weighted by atomic mass is 79.9. The minimum atomic E-state index is -4.52. The zero-order valence-electron chi connectivity index (χ0n) is 8.07. The van der Waals surface area contributed by atoms with Crippen LogP contribution in [0.5, 0.6) is 0 Å². The van der Waals surface area contributed by atoms with Gasteiger partial charge in [-0.05, 0) is 15.9 Å². The van der Waals surface area contributed by atoms with Gasteiger partial charge in [0, 0.05) is 12.4 Å². The minimum absolute atomic E-state index is 0.0774. The maximum atomic E-state index is 12.5. The first kappa shape index (κ1) is 12.0. The summed E-state index contributed by atoms with van der Waals surface area (Å²) in [5, 5.41) is 8.70. The Kier molecular flexibility index (Phi) is 2.64. The molecule has 0 aliphatic carbocycles. The van der Waals surface area contributed by atoms with Gasteiger partial charge in [-0.15, -0.1) is 0 Å². The molecule has 1 aliphatic rings. The van der Waals surface area contributed by atoms with E-state index in [-0.39, 0.29) is 20.9 Å². The average molecular weight is 312 g/mol. The molecule has 0 spiro atoms. The number of imidazole rings is 1. The highest BCUT2D eigenvalue weighted by molar-refractivity contribution is 9.15. The third-order valence-corrected chi connectivity index (χ3v) is 2.67. The van der Waals surface area contributed by atoms with Crippen molar-refractivity contribution < 1.29 is 23.1 Å². The number of rotatable bonds is 1. The maximum absolute atomic E-state index is 12.5. The van der Waals surface area contributed by atoms with E-state index in [1.807, 2.05) is 0 Å². The molecule has 9 heteroatoms. The fourth-order valence-corrected chi connectivity index (χ4v) is 1.93. The van der Waals surface area contributed by atoms with E-state index in [1.54, 1.807) is 0 Å². The smallest absolute Gasteiger partial charge is 0.476 e. The molecule has 0 saturated heterocycles.